The van der Waals surface area contributed by atoms with Crippen LogP contribution in [0.3, 0.4) is 0 Å². The van der Waals surface area contributed by atoms with Crippen LogP contribution >= 0.6 is 0 Å². The van der Waals surface area contributed by atoms with Crippen molar-refractivity contribution in [2.75, 3.05) is 6.54 Å². The van der Waals surface area contributed by atoms with Crippen LogP contribution in [0, 0.1) is 16.7 Å². The summed E-state index contributed by atoms with van der Waals surface area (Å²) in [4.78, 5) is 3.99. The van der Waals surface area contributed by atoms with Crippen LogP contribution in [0.5, 0.6) is 0 Å². The molecule has 0 aromatic carbocycles. The maximum absolute atomic E-state index is 8.89. The molecule has 0 bridgehead atoms. The highest BCUT2D eigenvalue weighted by Crippen LogP contribution is 2.18. The van der Waals surface area contributed by atoms with Gasteiger partial charge in [0.1, 0.15) is 0 Å². The Kier molecular flexibility index (Phi) is 4.45. The zero-order valence-corrected chi connectivity index (χ0v) is 10.2. The highest BCUT2D eigenvalue weighted by atomic mass is 14.9. The fourth-order valence-electron chi connectivity index (χ4n) is 1.43. The van der Waals surface area contributed by atoms with Crippen LogP contribution in [0.2, 0.25) is 0 Å². The van der Waals surface area contributed by atoms with E-state index in [0.717, 1.165) is 13.0 Å². The van der Waals surface area contributed by atoms with Gasteiger partial charge < -0.3 is 5.32 Å². The van der Waals surface area contributed by atoms with Gasteiger partial charge in [-0.15, -0.1) is 0 Å². The molecule has 3 heteroatoms. The van der Waals surface area contributed by atoms with E-state index >= 15 is 0 Å². The Labute approximate surface area is 97.5 Å². The predicted molar refractivity (Wildman–Crippen MR) is 64.7 cm³/mol. The van der Waals surface area contributed by atoms with E-state index in [0.29, 0.717) is 6.04 Å². The van der Waals surface area contributed by atoms with Gasteiger partial charge >= 0.3 is 0 Å². The van der Waals surface area contributed by atoms with E-state index in [1.165, 1.54) is 5.56 Å². The summed E-state index contributed by atoms with van der Waals surface area (Å²) in [5.74, 6) is 0. The molecule has 0 aliphatic carbocycles. The molecule has 0 aliphatic heterocycles. The summed E-state index contributed by atoms with van der Waals surface area (Å²) < 4.78 is 0. The monoisotopic (exact) mass is 217 g/mol. The van der Waals surface area contributed by atoms with Gasteiger partial charge in [0.2, 0.25) is 0 Å². The molecule has 0 fully saturated rings. The van der Waals surface area contributed by atoms with Crippen LogP contribution in [0.4, 0.5) is 0 Å². The number of aromatic nitrogens is 1. The van der Waals surface area contributed by atoms with E-state index < -0.39 is 0 Å². The number of rotatable bonds is 5. The van der Waals surface area contributed by atoms with Gasteiger partial charge in [0.15, 0.2) is 0 Å². The second-order valence-electron chi connectivity index (χ2n) is 4.70. The summed E-state index contributed by atoms with van der Waals surface area (Å²) >= 11 is 0. The maximum atomic E-state index is 8.89. The van der Waals surface area contributed by atoms with Gasteiger partial charge in [0.25, 0.3) is 0 Å². The van der Waals surface area contributed by atoms with Gasteiger partial charge in [-0.3, -0.25) is 4.98 Å². The first kappa shape index (κ1) is 12.7. The second-order valence-corrected chi connectivity index (χ2v) is 4.70. The van der Waals surface area contributed by atoms with Gasteiger partial charge in [-0.05, 0) is 51.4 Å². The van der Waals surface area contributed by atoms with E-state index in [1.54, 1.807) is 12.4 Å². The molecule has 1 aromatic heterocycles. The molecule has 0 unspecified atom stereocenters. The standard InChI is InChI=1S/C13H19N3/c1-11(12-4-7-15-8-5-12)16-9-6-13(2,3)10-14/h4-5,7-8,11,16H,6,9H2,1-3H3/t11-/m0/s1. The van der Waals surface area contributed by atoms with Crippen molar-refractivity contribution in [2.24, 2.45) is 5.41 Å². The molecule has 1 N–H and O–H groups in total. The average molecular weight is 217 g/mol. The molecule has 1 aromatic rings. The Bertz CT molecular complexity index is 351. The molecule has 0 aliphatic rings. The van der Waals surface area contributed by atoms with Crippen LogP contribution in [0.1, 0.15) is 38.8 Å². The molecule has 1 rings (SSSR count). The minimum atomic E-state index is -0.245. The molecule has 86 valence electrons. The van der Waals surface area contributed by atoms with Crippen molar-refractivity contribution in [2.45, 2.75) is 33.2 Å². The van der Waals surface area contributed by atoms with Crippen LogP contribution < -0.4 is 5.32 Å². The van der Waals surface area contributed by atoms with Crippen molar-refractivity contribution in [3.05, 3.63) is 30.1 Å². The molecule has 1 heterocycles. The van der Waals surface area contributed by atoms with Crippen molar-refractivity contribution in [1.29, 1.82) is 5.26 Å². The normalized spacial score (nSPS) is 13.1. The van der Waals surface area contributed by atoms with Crippen molar-refractivity contribution in [3.8, 4) is 6.07 Å². The van der Waals surface area contributed by atoms with Gasteiger partial charge in [-0.2, -0.15) is 5.26 Å². The van der Waals surface area contributed by atoms with Crippen LogP contribution in [-0.4, -0.2) is 11.5 Å². The molecule has 0 saturated carbocycles. The predicted octanol–water partition coefficient (Wildman–Crippen LogP) is 2.67. The van der Waals surface area contributed by atoms with Gasteiger partial charge in [0.05, 0.1) is 11.5 Å². The summed E-state index contributed by atoms with van der Waals surface area (Å²) in [6.45, 7) is 6.90. The van der Waals surface area contributed by atoms with Crippen LogP contribution in [0.15, 0.2) is 24.5 Å². The summed E-state index contributed by atoms with van der Waals surface area (Å²) in [5, 5.41) is 12.3. The number of hydrogen-bond acceptors (Lipinski definition) is 3. The largest absolute Gasteiger partial charge is 0.310 e. The summed E-state index contributed by atoms with van der Waals surface area (Å²) in [5.41, 5.74) is 0.982. The molecule has 0 radical (unpaired) electrons. The molecule has 0 amide bonds. The SMILES string of the molecule is C[C@H](NCCC(C)(C)C#N)c1ccncc1. The zero-order valence-electron chi connectivity index (χ0n) is 10.2. The van der Waals surface area contributed by atoms with E-state index in [1.807, 2.05) is 26.0 Å². The molecule has 16 heavy (non-hydrogen) atoms. The van der Waals surface area contributed by atoms with Crippen molar-refractivity contribution >= 4 is 0 Å². The second kappa shape index (κ2) is 5.62. The van der Waals surface area contributed by atoms with Crippen molar-refractivity contribution in [3.63, 3.8) is 0 Å². The molecular formula is C13H19N3. The van der Waals surface area contributed by atoms with Gasteiger partial charge in [-0.25, -0.2) is 0 Å². The van der Waals surface area contributed by atoms with Crippen molar-refractivity contribution in [1.82, 2.24) is 10.3 Å². The minimum absolute atomic E-state index is 0.245. The first-order valence-corrected chi connectivity index (χ1v) is 5.60. The highest BCUT2D eigenvalue weighted by molar-refractivity contribution is 5.13. The van der Waals surface area contributed by atoms with Crippen LogP contribution in [0.25, 0.3) is 0 Å². The van der Waals surface area contributed by atoms with Crippen LogP contribution in [-0.2, 0) is 0 Å². The number of hydrogen-bond donors (Lipinski definition) is 1. The zero-order chi connectivity index (χ0) is 12.0. The van der Waals surface area contributed by atoms with Crippen molar-refractivity contribution < 1.29 is 0 Å². The Hall–Kier alpha value is -1.40. The minimum Gasteiger partial charge on any atom is -0.310 e. The maximum Gasteiger partial charge on any atom is 0.0684 e. The first-order chi connectivity index (χ1) is 7.55. The number of nitriles is 1. The van der Waals surface area contributed by atoms with E-state index in [2.05, 4.69) is 23.3 Å². The third-order valence-corrected chi connectivity index (χ3v) is 2.71. The fourth-order valence-corrected chi connectivity index (χ4v) is 1.43. The van der Waals surface area contributed by atoms with Gasteiger partial charge in [-0.1, -0.05) is 0 Å². The molecule has 0 spiro atoms. The lowest BCUT2D eigenvalue weighted by Crippen LogP contribution is -2.24. The van der Waals surface area contributed by atoms with E-state index in [9.17, 15) is 0 Å². The third kappa shape index (κ3) is 4.00. The number of pyridine rings is 1. The lowest BCUT2D eigenvalue weighted by Gasteiger charge is -2.18. The average Bonchev–Trinajstić information content (AvgIpc) is 2.30. The smallest absolute Gasteiger partial charge is 0.0684 e. The third-order valence-electron chi connectivity index (χ3n) is 2.71. The molecule has 3 nitrogen and oxygen atoms in total. The summed E-state index contributed by atoms with van der Waals surface area (Å²) in [6.07, 6.45) is 4.46. The topological polar surface area (TPSA) is 48.7 Å². The summed E-state index contributed by atoms with van der Waals surface area (Å²) in [7, 11) is 0. The Morgan fingerprint density at radius 1 is 1.44 bits per heavy atom. The van der Waals surface area contributed by atoms with E-state index in [4.69, 9.17) is 5.26 Å². The quantitative estimate of drug-likeness (QED) is 0.825. The number of nitrogens with one attached hydrogen (secondary N) is 1. The Balaban J connectivity index is 2.38. The van der Waals surface area contributed by atoms with Gasteiger partial charge in [0, 0.05) is 18.4 Å². The molecule has 1 atom stereocenters. The van der Waals surface area contributed by atoms with E-state index in [-0.39, 0.29) is 5.41 Å². The Morgan fingerprint density at radius 2 is 2.06 bits per heavy atom. The first-order valence-electron chi connectivity index (χ1n) is 5.60. The lowest BCUT2D eigenvalue weighted by molar-refractivity contribution is 0.416. The summed E-state index contributed by atoms with van der Waals surface area (Å²) in [6, 6.07) is 6.62. The highest BCUT2D eigenvalue weighted by Gasteiger charge is 2.16. The lowest BCUT2D eigenvalue weighted by atomic mass is 9.91. The fraction of sp³-hybridized carbons (Fsp3) is 0.538. The number of nitrogens with zero attached hydrogens (tertiary/aromatic N) is 2. The molecular weight excluding hydrogens is 198 g/mol. The molecule has 0 saturated heterocycles. The Morgan fingerprint density at radius 3 is 2.62 bits per heavy atom.